The van der Waals surface area contributed by atoms with Gasteiger partial charge in [0, 0.05) is 13.2 Å². The summed E-state index contributed by atoms with van der Waals surface area (Å²) in [7, 11) is 0. The van der Waals surface area contributed by atoms with E-state index in [1.165, 1.54) is 0 Å². The standard InChI is InChI=1S/C10H19NO4/c1-3-13-6-8(2)15-10(12)9-7-14-5-4-11-9/h8-9,11H,3-7H2,1-2H3. The fourth-order valence-electron chi connectivity index (χ4n) is 1.32. The lowest BCUT2D eigenvalue weighted by atomic mass is 10.3. The Balaban J connectivity index is 2.21. The van der Waals surface area contributed by atoms with Gasteiger partial charge in [0.05, 0.1) is 19.8 Å². The quantitative estimate of drug-likeness (QED) is 0.654. The molecule has 15 heavy (non-hydrogen) atoms. The Labute approximate surface area is 90.1 Å². The molecule has 0 radical (unpaired) electrons. The minimum Gasteiger partial charge on any atom is -0.459 e. The normalized spacial score (nSPS) is 23.5. The molecule has 0 spiro atoms. The Morgan fingerprint density at radius 1 is 1.67 bits per heavy atom. The molecule has 0 amide bonds. The zero-order chi connectivity index (χ0) is 11.1. The van der Waals surface area contributed by atoms with E-state index in [2.05, 4.69) is 5.32 Å². The van der Waals surface area contributed by atoms with Gasteiger partial charge in [-0.3, -0.25) is 4.79 Å². The first-order valence-corrected chi connectivity index (χ1v) is 5.33. The molecule has 0 bridgehead atoms. The van der Waals surface area contributed by atoms with E-state index in [1.807, 2.05) is 13.8 Å². The number of hydrogen-bond donors (Lipinski definition) is 1. The van der Waals surface area contributed by atoms with Crippen LogP contribution in [-0.4, -0.2) is 51.1 Å². The molecule has 0 saturated carbocycles. The number of ether oxygens (including phenoxy) is 3. The third kappa shape index (κ3) is 4.59. The van der Waals surface area contributed by atoms with Crippen LogP contribution < -0.4 is 5.32 Å². The summed E-state index contributed by atoms with van der Waals surface area (Å²) in [5, 5.41) is 3.04. The Bertz CT molecular complexity index is 192. The van der Waals surface area contributed by atoms with Gasteiger partial charge in [0.2, 0.25) is 0 Å². The van der Waals surface area contributed by atoms with Crippen molar-refractivity contribution in [2.75, 3.05) is 33.0 Å². The van der Waals surface area contributed by atoms with E-state index >= 15 is 0 Å². The zero-order valence-corrected chi connectivity index (χ0v) is 9.32. The van der Waals surface area contributed by atoms with Crippen LogP contribution >= 0.6 is 0 Å². The van der Waals surface area contributed by atoms with Crippen LogP contribution in [0.25, 0.3) is 0 Å². The Hall–Kier alpha value is -0.650. The fourth-order valence-corrected chi connectivity index (χ4v) is 1.32. The molecule has 0 aliphatic carbocycles. The van der Waals surface area contributed by atoms with Gasteiger partial charge < -0.3 is 19.5 Å². The van der Waals surface area contributed by atoms with Gasteiger partial charge in [-0.1, -0.05) is 0 Å². The number of rotatable bonds is 5. The molecule has 0 aromatic carbocycles. The summed E-state index contributed by atoms with van der Waals surface area (Å²) in [6, 6.07) is -0.331. The molecule has 88 valence electrons. The van der Waals surface area contributed by atoms with Crippen molar-refractivity contribution < 1.29 is 19.0 Å². The van der Waals surface area contributed by atoms with Crippen LogP contribution in [0.4, 0.5) is 0 Å². The van der Waals surface area contributed by atoms with Gasteiger partial charge in [-0.25, -0.2) is 0 Å². The van der Waals surface area contributed by atoms with E-state index in [9.17, 15) is 4.79 Å². The monoisotopic (exact) mass is 217 g/mol. The second kappa shape index (κ2) is 6.76. The van der Waals surface area contributed by atoms with Gasteiger partial charge in [0.1, 0.15) is 12.1 Å². The van der Waals surface area contributed by atoms with Crippen LogP contribution in [0.3, 0.4) is 0 Å². The number of esters is 1. The topological polar surface area (TPSA) is 56.8 Å². The maximum atomic E-state index is 11.6. The predicted molar refractivity (Wildman–Crippen MR) is 54.7 cm³/mol. The van der Waals surface area contributed by atoms with Gasteiger partial charge in [-0.2, -0.15) is 0 Å². The van der Waals surface area contributed by atoms with E-state index in [4.69, 9.17) is 14.2 Å². The summed E-state index contributed by atoms with van der Waals surface area (Å²) >= 11 is 0. The molecule has 2 atom stereocenters. The number of nitrogens with one attached hydrogen (secondary N) is 1. The Morgan fingerprint density at radius 2 is 2.47 bits per heavy atom. The van der Waals surface area contributed by atoms with Gasteiger partial charge >= 0.3 is 5.97 Å². The lowest BCUT2D eigenvalue weighted by Gasteiger charge is -2.23. The highest BCUT2D eigenvalue weighted by molar-refractivity contribution is 5.76. The first kappa shape index (κ1) is 12.4. The molecule has 5 heteroatoms. The van der Waals surface area contributed by atoms with E-state index in [0.717, 1.165) is 0 Å². The van der Waals surface area contributed by atoms with Crippen LogP contribution in [0, 0.1) is 0 Å². The van der Waals surface area contributed by atoms with Crippen molar-refractivity contribution in [1.29, 1.82) is 0 Å². The number of morpholine rings is 1. The molecule has 0 aromatic rings. The maximum Gasteiger partial charge on any atom is 0.325 e. The van der Waals surface area contributed by atoms with Crippen LogP contribution in [0.5, 0.6) is 0 Å². The molecule has 1 heterocycles. The number of hydrogen-bond acceptors (Lipinski definition) is 5. The highest BCUT2D eigenvalue weighted by Gasteiger charge is 2.24. The van der Waals surface area contributed by atoms with E-state index in [-0.39, 0.29) is 18.1 Å². The van der Waals surface area contributed by atoms with Crippen LogP contribution in [0.15, 0.2) is 0 Å². The Kier molecular flexibility index (Phi) is 5.60. The average Bonchev–Trinajstić information content (AvgIpc) is 2.27. The molecular weight excluding hydrogens is 198 g/mol. The second-order valence-corrected chi connectivity index (χ2v) is 3.49. The van der Waals surface area contributed by atoms with Crippen molar-refractivity contribution in [2.45, 2.75) is 26.0 Å². The molecule has 1 N–H and O–H groups in total. The highest BCUT2D eigenvalue weighted by atomic mass is 16.6. The fraction of sp³-hybridized carbons (Fsp3) is 0.900. The molecule has 1 fully saturated rings. The maximum absolute atomic E-state index is 11.6. The smallest absolute Gasteiger partial charge is 0.325 e. The lowest BCUT2D eigenvalue weighted by Crippen LogP contribution is -2.48. The zero-order valence-electron chi connectivity index (χ0n) is 9.32. The van der Waals surface area contributed by atoms with E-state index in [1.54, 1.807) is 0 Å². The SMILES string of the molecule is CCOCC(C)OC(=O)C1COCCN1. The summed E-state index contributed by atoms with van der Waals surface area (Å²) in [6.07, 6.45) is -0.207. The predicted octanol–water partition coefficient (Wildman–Crippen LogP) is -0.0570. The van der Waals surface area contributed by atoms with Gasteiger partial charge in [-0.05, 0) is 13.8 Å². The number of carbonyl (C=O) groups is 1. The third-order valence-electron chi connectivity index (χ3n) is 2.08. The third-order valence-corrected chi connectivity index (χ3v) is 2.08. The van der Waals surface area contributed by atoms with Gasteiger partial charge in [0.25, 0.3) is 0 Å². The van der Waals surface area contributed by atoms with Crippen LogP contribution in [-0.2, 0) is 19.0 Å². The summed E-state index contributed by atoms with van der Waals surface area (Å²) in [5.74, 6) is -0.262. The second-order valence-electron chi connectivity index (χ2n) is 3.49. The van der Waals surface area contributed by atoms with E-state index < -0.39 is 0 Å². The summed E-state index contributed by atoms with van der Waals surface area (Å²) in [6.45, 7) is 6.53. The highest BCUT2D eigenvalue weighted by Crippen LogP contribution is 2.00. The first-order chi connectivity index (χ1) is 7.24. The van der Waals surface area contributed by atoms with Crippen LogP contribution in [0.1, 0.15) is 13.8 Å². The molecule has 5 nitrogen and oxygen atoms in total. The van der Waals surface area contributed by atoms with E-state index in [0.29, 0.717) is 33.0 Å². The van der Waals surface area contributed by atoms with Gasteiger partial charge in [-0.15, -0.1) is 0 Å². The summed E-state index contributed by atoms with van der Waals surface area (Å²) in [5.41, 5.74) is 0. The molecule has 1 saturated heterocycles. The molecule has 1 aliphatic rings. The molecule has 1 aliphatic heterocycles. The minimum atomic E-state index is -0.331. The largest absolute Gasteiger partial charge is 0.459 e. The molecular formula is C10H19NO4. The van der Waals surface area contributed by atoms with Crippen LogP contribution in [0.2, 0.25) is 0 Å². The molecule has 0 aromatic heterocycles. The van der Waals surface area contributed by atoms with Crippen molar-refractivity contribution >= 4 is 5.97 Å². The van der Waals surface area contributed by atoms with Gasteiger partial charge in [0.15, 0.2) is 0 Å². The molecule has 2 unspecified atom stereocenters. The molecule has 1 rings (SSSR count). The summed E-state index contributed by atoms with van der Waals surface area (Å²) in [4.78, 5) is 11.6. The summed E-state index contributed by atoms with van der Waals surface area (Å²) < 4.78 is 15.5. The van der Waals surface area contributed by atoms with Crippen molar-refractivity contribution in [3.05, 3.63) is 0 Å². The average molecular weight is 217 g/mol. The van der Waals surface area contributed by atoms with Crippen molar-refractivity contribution in [2.24, 2.45) is 0 Å². The first-order valence-electron chi connectivity index (χ1n) is 5.33. The van der Waals surface area contributed by atoms with Crippen molar-refractivity contribution in [3.8, 4) is 0 Å². The number of carbonyl (C=O) groups excluding carboxylic acids is 1. The van der Waals surface area contributed by atoms with Crippen molar-refractivity contribution in [3.63, 3.8) is 0 Å². The minimum absolute atomic E-state index is 0.207. The Morgan fingerprint density at radius 3 is 3.07 bits per heavy atom. The lowest BCUT2D eigenvalue weighted by molar-refractivity contribution is -0.156. The van der Waals surface area contributed by atoms with Crippen molar-refractivity contribution in [1.82, 2.24) is 5.32 Å².